The van der Waals surface area contributed by atoms with Gasteiger partial charge in [0.15, 0.2) is 0 Å². The molecule has 0 amide bonds. The van der Waals surface area contributed by atoms with Gasteiger partial charge in [-0.1, -0.05) is 236 Å². The molecule has 0 saturated heterocycles. The molecule has 621 valence electrons. The molecule has 12 heterocycles. The molecule has 0 spiro atoms. The van der Waals surface area contributed by atoms with Gasteiger partial charge < -0.3 is 48.1 Å². The number of fused-ring (bicyclic) bond motifs is 9. The molecule has 18 rings (SSSR count). The van der Waals surface area contributed by atoms with Crippen LogP contribution in [0.15, 0.2) is 281 Å². The van der Waals surface area contributed by atoms with Gasteiger partial charge in [-0.25, -0.2) is 9.97 Å². The van der Waals surface area contributed by atoms with E-state index in [2.05, 4.69) is 272 Å². The van der Waals surface area contributed by atoms with E-state index in [9.17, 15) is 0 Å². The number of nitrogens with zero attached hydrogens (tertiary/aromatic N) is 9. The summed E-state index contributed by atoms with van der Waals surface area (Å²) in [6.07, 6.45) is 18.6. The standard InChI is InChI=1S/C20H19N2OSi.2C19H17N2OSi.3C14H16NSi.3Ir/c1-13-8-10-16-15-6-5-7-17(19(15)23-20(16)22-13)18-11-9-14(12-21-18)24(2,3)4;1-23(2,3)13-9-10-17(21-12-13)16-7-4-6-14-15-8-5-11-20-19(15)22-18(14)16;1-23(2,3)13-8-9-17(21-10-13)16-12-20-11-15-14-6-4-5-7-18(14)22-19(15)16;3*1-16(2,3)13-9-10-14(15-11-13)12-7-5-4-6-8-12;;;/h5-6,8-12H,1-4H3;4-6,8-12H,1-3H3;4-11H,1-3H3;3*4-7,9-11H,1-3H3;;;/q6*-1;;;. The second-order valence-electron chi connectivity index (χ2n) is 35.6. The van der Waals surface area contributed by atoms with Crippen LogP contribution in [0.1, 0.15) is 5.69 Å². The van der Waals surface area contributed by atoms with E-state index in [1.165, 1.54) is 31.1 Å². The van der Waals surface area contributed by atoms with Crippen LogP contribution in [0.5, 0.6) is 0 Å². The number of furan rings is 3. The molecule has 0 aliphatic carbocycles. The molecular weight excluding hydrogens is 2120 g/mol. The molecule has 0 bridgehead atoms. The fraction of sp³-hybridized carbons (Fsp3) is 0.190. The summed E-state index contributed by atoms with van der Waals surface area (Å²) in [4.78, 5) is 40.6. The number of pyridine rings is 9. The van der Waals surface area contributed by atoms with Gasteiger partial charge in [0.2, 0.25) is 11.4 Å². The van der Waals surface area contributed by atoms with Gasteiger partial charge in [-0.05, 0) is 120 Å². The molecule has 0 aliphatic rings. The first-order valence-electron chi connectivity index (χ1n) is 40.0. The summed E-state index contributed by atoms with van der Waals surface area (Å²) >= 11 is 0. The summed E-state index contributed by atoms with van der Waals surface area (Å²) in [7, 11) is -7.73. The Hall–Kier alpha value is -9.68. The Morgan fingerprint density at radius 2 is 0.595 bits per heavy atom. The monoisotopic (exact) mass is 2220 g/mol. The average Bonchev–Trinajstić information content (AvgIpc) is 1.63. The van der Waals surface area contributed by atoms with Crippen LogP contribution in [0.3, 0.4) is 0 Å². The molecule has 0 aliphatic heterocycles. The molecule has 0 unspecified atom stereocenters. The van der Waals surface area contributed by atoms with Gasteiger partial charge in [-0.3, -0.25) is 0 Å². The summed E-state index contributed by atoms with van der Waals surface area (Å²) in [6, 6.07) is 89.5. The Morgan fingerprint density at radius 1 is 0.256 bits per heavy atom. The summed E-state index contributed by atoms with van der Waals surface area (Å²) in [6.45, 7) is 43.8. The molecule has 21 heteroatoms. The Balaban J connectivity index is 0.000000153. The van der Waals surface area contributed by atoms with Crippen molar-refractivity contribution in [3.05, 3.63) is 310 Å². The number of hydrogen-bond donors (Lipinski definition) is 0. The van der Waals surface area contributed by atoms with E-state index in [1.54, 1.807) is 12.4 Å². The Morgan fingerprint density at radius 3 is 0.959 bits per heavy atom. The minimum Gasteiger partial charge on any atom is -0.500 e. The zero-order chi connectivity index (χ0) is 83.7. The van der Waals surface area contributed by atoms with E-state index in [4.69, 9.17) is 13.3 Å². The summed E-state index contributed by atoms with van der Waals surface area (Å²) < 4.78 is 18.0. The molecule has 12 aromatic heterocycles. The van der Waals surface area contributed by atoms with Gasteiger partial charge in [0.25, 0.3) is 0 Å². The van der Waals surface area contributed by atoms with Crippen LogP contribution in [0, 0.1) is 43.5 Å². The van der Waals surface area contributed by atoms with Crippen LogP contribution in [0.4, 0.5) is 0 Å². The maximum atomic E-state index is 6.04. The zero-order valence-electron chi connectivity index (χ0n) is 72.2. The molecule has 12 nitrogen and oxygen atoms in total. The number of aryl methyl sites for hydroxylation is 1. The Labute approximate surface area is 759 Å². The van der Waals surface area contributed by atoms with Crippen molar-refractivity contribution < 1.29 is 73.6 Å². The third kappa shape index (κ3) is 23.4. The number of benzene rings is 6. The molecule has 0 saturated carbocycles. The normalized spacial score (nSPS) is 11.6. The van der Waals surface area contributed by atoms with Crippen molar-refractivity contribution in [3.8, 4) is 67.5 Å². The predicted molar refractivity (Wildman–Crippen MR) is 509 cm³/mol. The van der Waals surface area contributed by atoms with E-state index in [1.807, 2.05) is 190 Å². The fourth-order valence-corrected chi connectivity index (χ4v) is 19.3. The summed E-state index contributed by atoms with van der Waals surface area (Å²) in [5, 5.41) is 14.5. The first-order chi connectivity index (χ1) is 56.2. The van der Waals surface area contributed by atoms with Gasteiger partial charge >= 0.3 is 0 Å². The predicted octanol–water partition coefficient (Wildman–Crippen LogP) is 22.7. The second-order valence-corrected chi connectivity index (χ2v) is 66.0. The third-order valence-electron chi connectivity index (χ3n) is 20.4. The quantitative estimate of drug-likeness (QED) is 0.0844. The van der Waals surface area contributed by atoms with Crippen molar-refractivity contribution in [2.45, 2.75) is 125 Å². The van der Waals surface area contributed by atoms with Crippen LogP contribution in [-0.2, 0) is 60.3 Å². The van der Waals surface area contributed by atoms with Crippen molar-refractivity contribution in [2.24, 2.45) is 0 Å². The van der Waals surface area contributed by atoms with Crippen LogP contribution >= 0.6 is 0 Å². The average molecular weight is 2220 g/mol. The molecule has 6 aromatic carbocycles. The van der Waals surface area contributed by atoms with E-state index >= 15 is 0 Å². The van der Waals surface area contributed by atoms with Gasteiger partial charge in [0.05, 0.1) is 65.2 Å². The van der Waals surface area contributed by atoms with Crippen molar-refractivity contribution >= 4 is 146 Å². The van der Waals surface area contributed by atoms with Crippen LogP contribution in [0.2, 0.25) is 118 Å². The number of rotatable bonds is 12. The maximum Gasteiger partial charge on any atom is 0.216 e. The van der Waals surface area contributed by atoms with E-state index in [0.29, 0.717) is 11.4 Å². The fourth-order valence-electron chi connectivity index (χ4n) is 13.0. The largest absolute Gasteiger partial charge is 0.500 e. The molecule has 121 heavy (non-hydrogen) atoms. The molecular formula is C100H101Ir3N9O3Si6-6. The van der Waals surface area contributed by atoms with E-state index < -0.39 is 48.4 Å². The summed E-state index contributed by atoms with van der Waals surface area (Å²) in [5.74, 6) is 0. The van der Waals surface area contributed by atoms with Crippen molar-refractivity contribution in [1.82, 2.24) is 44.9 Å². The van der Waals surface area contributed by atoms with E-state index in [0.717, 1.165) is 128 Å². The van der Waals surface area contributed by atoms with Gasteiger partial charge in [0, 0.05) is 126 Å². The van der Waals surface area contributed by atoms with Crippen molar-refractivity contribution in [3.63, 3.8) is 0 Å². The molecule has 18 aromatic rings. The SMILES string of the molecule is C[Si](C)(C)c1ccc(-c2[c-]ccc3c2oc2ncccc23)nc1.C[Si](C)(C)c1ccc(-c2[c-]cccc2)nc1.C[Si](C)(C)c1ccc(-c2[c-]cccc2)nc1.C[Si](C)(C)c1ccc(-c2[c-]cccc2)nc1.C[Si](C)(C)c1ccc(-c2[c-]ncc3c2oc2ccccc23)nc1.Cc1ccc2c(n1)oc1c(-c3ccc([Si](C)(C)C)cn3)[c-]ccc12.[Ir].[Ir].[Ir]. The van der Waals surface area contributed by atoms with Crippen LogP contribution < -0.4 is 31.1 Å². The molecule has 0 fully saturated rings. The molecule has 0 N–H and O–H groups in total. The number of para-hydroxylation sites is 1. The number of aromatic nitrogens is 9. The van der Waals surface area contributed by atoms with Gasteiger partial charge in [-0.2, -0.15) is 0 Å². The van der Waals surface area contributed by atoms with Gasteiger partial charge in [0.1, 0.15) is 5.58 Å². The minimum atomic E-state index is -1.35. The zero-order valence-corrected chi connectivity index (χ0v) is 85.3. The number of hydrogen-bond acceptors (Lipinski definition) is 12. The molecule has 3 radical (unpaired) electrons. The van der Waals surface area contributed by atoms with Crippen LogP contribution in [0.25, 0.3) is 134 Å². The smallest absolute Gasteiger partial charge is 0.216 e. The van der Waals surface area contributed by atoms with Gasteiger partial charge in [-0.15, -0.1) is 144 Å². The molecule has 0 atom stereocenters. The topological polar surface area (TPSA) is 155 Å². The maximum absolute atomic E-state index is 6.04. The third-order valence-corrected chi connectivity index (χ3v) is 32.5. The van der Waals surface area contributed by atoms with E-state index in [-0.39, 0.29) is 60.3 Å². The second kappa shape index (κ2) is 40.1. The Bertz CT molecular complexity index is 6020. The van der Waals surface area contributed by atoms with Crippen molar-refractivity contribution in [2.75, 3.05) is 0 Å². The van der Waals surface area contributed by atoms with Crippen molar-refractivity contribution in [1.29, 1.82) is 0 Å². The first kappa shape index (κ1) is 93.6. The van der Waals surface area contributed by atoms with Crippen LogP contribution in [-0.4, -0.2) is 93.3 Å². The summed E-state index contributed by atoms with van der Waals surface area (Å²) in [5.41, 5.74) is 17.0. The first-order valence-corrected chi connectivity index (χ1v) is 61.0. The Kier molecular flexibility index (Phi) is 31.0. The minimum absolute atomic E-state index is 0.